The van der Waals surface area contributed by atoms with Crippen LogP contribution in [0.3, 0.4) is 0 Å². The van der Waals surface area contributed by atoms with E-state index in [1.54, 1.807) is 32.4 Å². The van der Waals surface area contributed by atoms with Gasteiger partial charge in [-0.25, -0.2) is 9.79 Å². The van der Waals surface area contributed by atoms with E-state index in [-0.39, 0.29) is 11.6 Å². The molecule has 3 rings (SSSR count). The van der Waals surface area contributed by atoms with E-state index in [1.807, 2.05) is 24.3 Å². The van der Waals surface area contributed by atoms with Crippen LogP contribution in [-0.2, 0) is 9.53 Å². The fraction of sp³-hybridized carbons (Fsp3) is 0.158. The maximum Gasteiger partial charge on any atom is 0.363 e. The molecule has 26 heavy (non-hydrogen) atoms. The number of methoxy groups -OCH3 is 3. The number of esters is 1. The maximum atomic E-state index is 12.2. The third kappa shape index (κ3) is 3.52. The molecule has 0 aliphatic carbocycles. The monoisotopic (exact) mass is 465 g/mol. The summed E-state index contributed by atoms with van der Waals surface area (Å²) < 4.78 is 22.2. The molecule has 134 valence electrons. The maximum absolute atomic E-state index is 12.2. The van der Waals surface area contributed by atoms with Gasteiger partial charge in [0.1, 0.15) is 5.75 Å². The number of aliphatic imine (C=N–C) groups is 1. The fourth-order valence-electron chi connectivity index (χ4n) is 2.47. The Morgan fingerprint density at radius 2 is 1.65 bits per heavy atom. The molecule has 1 aliphatic rings. The SMILES string of the molecule is COc1cc(OC)c(OC)cc1/C=C1/N=C(c2ccccc2I)OC1=O. The predicted octanol–water partition coefficient (Wildman–Crippen LogP) is 3.66. The third-order valence-corrected chi connectivity index (χ3v) is 4.69. The third-order valence-electron chi connectivity index (χ3n) is 3.75. The van der Waals surface area contributed by atoms with E-state index in [1.165, 1.54) is 7.11 Å². The number of nitrogens with zero attached hydrogens (tertiary/aromatic N) is 1. The largest absolute Gasteiger partial charge is 0.496 e. The molecule has 0 bridgehead atoms. The van der Waals surface area contributed by atoms with Crippen molar-refractivity contribution in [2.24, 2.45) is 4.99 Å². The smallest absolute Gasteiger partial charge is 0.363 e. The number of carbonyl (C=O) groups is 1. The molecule has 0 fully saturated rings. The van der Waals surface area contributed by atoms with Crippen molar-refractivity contribution in [3.8, 4) is 17.2 Å². The minimum Gasteiger partial charge on any atom is -0.496 e. The van der Waals surface area contributed by atoms with Gasteiger partial charge in [-0.15, -0.1) is 0 Å². The molecule has 2 aromatic rings. The molecule has 0 saturated heterocycles. The van der Waals surface area contributed by atoms with Gasteiger partial charge in [-0.2, -0.15) is 0 Å². The zero-order valence-electron chi connectivity index (χ0n) is 14.4. The van der Waals surface area contributed by atoms with Gasteiger partial charge in [-0.05, 0) is 46.9 Å². The highest BCUT2D eigenvalue weighted by molar-refractivity contribution is 14.1. The second kappa shape index (κ2) is 7.77. The van der Waals surface area contributed by atoms with Crippen LogP contribution >= 0.6 is 22.6 Å². The first-order valence-corrected chi connectivity index (χ1v) is 8.72. The molecule has 6 nitrogen and oxygen atoms in total. The summed E-state index contributed by atoms with van der Waals surface area (Å²) in [5.74, 6) is 1.35. The van der Waals surface area contributed by atoms with Gasteiger partial charge < -0.3 is 18.9 Å². The first-order valence-electron chi connectivity index (χ1n) is 7.65. The lowest BCUT2D eigenvalue weighted by atomic mass is 10.1. The molecule has 0 radical (unpaired) electrons. The van der Waals surface area contributed by atoms with Gasteiger partial charge in [-0.1, -0.05) is 12.1 Å². The molecule has 0 atom stereocenters. The molecule has 0 saturated carbocycles. The zero-order chi connectivity index (χ0) is 18.7. The van der Waals surface area contributed by atoms with Crippen molar-refractivity contribution < 1.29 is 23.7 Å². The normalized spacial score (nSPS) is 14.8. The average Bonchev–Trinajstić information content (AvgIpc) is 3.01. The molecule has 0 aromatic heterocycles. The van der Waals surface area contributed by atoms with E-state index in [4.69, 9.17) is 18.9 Å². The topological polar surface area (TPSA) is 66.3 Å². The Morgan fingerprint density at radius 3 is 2.31 bits per heavy atom. The van der Waals surface area contributed by atoms with Gasteiger partial charge in [0, 0.05) is 15.2 Å². The molecule has 7 heteroatoms. The van der Waals surface area contributed by atoms with E-state index in [9.17, 15) is 4.79 Å². The van der Waals surface area contributed by atoms with E-state index < -0.39 is 5.97 Å². The number of hydrogen-bond donors (Lipinski definition) is 0. The minimum atomic E-state index is -0.517. The summed E-state index contributed by atoms with van der Waals surface area (Å²) in [6.07, 6.45) is 1.60. The first-order chi connectivity index (χ1) is 12.6. The van der Waals surface area contributed by atoms with Crippen LogP contribution in [0.25, 0.3) is 6.08 Å². The van der Waals surface area contributed by atoms with E-state index in [0.29, 0.717) is 22.8 Å². The summed E-state index contributed by atoms with van der Waals surface area (Å²) in [6, 6.07) is 11.0. The highest BCUT2D eigenvalue weighted by atomic mass is 127. The quantitative estimate of drug-likeness (QED) is 0.383. The van der Waals surface area contributed by atoms with Crippen molar-refractivity contribution in [1.82, 2.24) is 0 Å². The minimum absolute atomic E-state index is 0.185. The number of benzene rings is 2. The van der Waals surface area contributed by atoms with Crippen LogP contribution < -0.4 is 14.2 Å². The number of rotatable bonds is 5. The fourth-order valence-corrected chi connectivity index (χ4v) is 3.09. The average molecular weight is 465 g/mol. The summed E-state index contributed by atoms with van der Waals surface area (Å²) >= 11 is 2.17. The second-order valence-electron chi connectivity index (χ2n) is 5.27. The van der Waals surface area contributed by atoms with Gasteiger partial charge in [0.05, 0.1) is 26.9 Å². The van der Waals surface area contributed by atoms with Crippen LogP contribution in [0.5, 0.6) is 17.2 Å². The Kier molecular flexibility index (Phi) is 5.46. The molecular weight excluding hydrogens is 449 g/mol. The van der Waals surface area contributed by atoms with Crippen molar-refractivity contribution in [2.75, 3.05) is 21.3 Å². The molecule has 0 N–H and O–H groups in total. The molecule has 0 unspecified atom stereocenters. The van der Waals surface area contributed by atoms with Gasteiger partial charge in [-0.3, -0.25) is 0 Å². The summed E-state index contributed by atoms with van der Waals surface area (Å²) in [4.78, 5) is 16.6. The number of cyclic esters (lactones) is 1. The van der Waals surface area contributed by atoms with Crippen molar-refractivity contribution in [3.63, 3.8) is 0 Å². The standard InChI is InChI=1S/C19H16INO5/c1-23-15-10-17(25-3)16(24-2)9-11(15)8-14-19(22)26-18(21-14)12-6-4-5-7-13(12)20/h4-10H,1-3H3/b14-8+. The molecule has 0 amide bonds. The van der Waals surface area contributed by atoms with Gasteiger partial charge in [0.2, 0.25) is 5.90 Å². The Labute approximate surface area is 164 Å². The Morgan fingerprint density at radius 1 is 1.00 bits per heavy atom. The lowest BCUT2D eigenvalue weighted by molar-refractivity contribution is -0.129. The van der Waals surface area contributed by atoms with E-state index in [0.717, 1.165) is 9.13 Å². The van der Waals surface area contributed by atoms with Crippen molar-refractivity contribution in [3.05, 3.63) is 56.8 Å². The van der Waals surface area contributed by atoms with Gasteiger partial charge in [0.25, 0.3) is 0 Å². The Hall–Kier alpha value is -2.55. The van der Waals surface area contributed by atoms with Crippen LogP contribution in [0.4, 0.5) is 0 Å². The molecule has 0 spiro atoms. The lowest BCUT2D eigenvalue weighted by Gasteiger charge is -2.12. The van der Waals surface area contributed by atoms with Crippen LogP contribution in [0, 0.1) is 3.57 Å². The highest BCUT2D eigenvalue weighted by Gasteiger charge is 2.26. The van der Waals surface area contributed by atoms with Gasteiger partial charge in [0.15, 0.2) is 17.2 Å². The summed E-state index contributed by atoms with van der Waals surface area (Å²) in [6.45, 7) is 0. The van der Waals surface area contributed by atoms with E-state index >= 15 is 0 Å². The summed E-state index contributed by atoms with van der Waals surface area (Å²) in [7, 11) is 4.62. The number of halogens is 1. The number of hydrogen-bond acceptors (Lipinski definition) is 6. The molecule has 1 heterocycles. The van der Waals surface area contributed by atoms with Crippen molar-refractivity contribution in [1.29, 1.82) is 0 Å². The molecule has 2 aromatic carbocycles. The molecule has 1 aliphatic heterocycles. The summed E-state index contributed by atoms with van der Waals surface area (Å²) in [5.41, 5.74) is 1.58. The first kappa shape index (κ1) is 18.2. The van der Waals surface area contributed by atoms with Crippen LogP contribution in [0.15, 0.2) is 47.1 Å². The predicted molar refractivity (Wildman–Crippen MR) is 106 cm³/mol. The summed E-state index contributed by atoms with van der Waals surface area (Å²) in [5, 5.41) is 0. The van der Waals surface area contributed by atoms with Gasteiger partial charge >= 0.3 is 5.97 Å². The molecular formula is C19H16INO5. The van der Waals surface area contributed by atoms with Crippen LogP contribution in [-0.4, -0.2) is 33.2 Å². The number of ether oxygens (including phenoxy) is 4. The van der Waals surface area contributed by atoms with E-state index in [2.05, 4.69) is 27.6 Å². The Balaban J connectivity index is 2.04. The Bertz CT molecular complexity index is 920. The van der Waals surface area contributed by atoms with Crippen LogP contribution in [0.1, 0.15) is 11.1 Å². The van der Waals surface area contributed by atoms with Crippen molar-refractivity contribution in [2.45, 2.75) is 0 Å². The van der Waals surface area contributed by atoms with Crippen molar-refractivity contribution >= 4 is 40.5 Å². The lowest BCUT2D eigenvalue weighted by Crippen LogP contribution is -2.06. The zero-order valence-corrected chi connectivity index (χ0v) is 16.6. The number of carbonyl (C=O) groups excluding carboxylic acids is 1. The second-order valence-corrected chi connectivity index (χ2v) is 6.43. The highest BCUT2D eigenvalue weighted by Crippen LogP contribution is 2.36. The van der Waals surface area contributed by atoms with Crippen LogP contribution in [0.2, 0.25) is 0 Å².